The Balaban J connectivity index is 1.82. The molecule has 0 saturated heterocycles. The number of nitrogens with one attached hydrogen (secondary N) is 1. The minimum atomic E-state index is -0.129. The van der Waals surface area contributed by atoms with E-state index in [1.807, 2.05) is 0 Å². The quantitative estimate of drug-likeness (QED) is 0.828. The third-order valence-corrected chi connectivity index (χ3v) is 4.19. The van der Waals surface area contributed by atoms with Gasteiger partial charge in [0, 0.05) is 6.54 Å². The van der Waals surface area contributed by atoms with Crippen LogP contribution >= 0.6 is 11.6 Å². The molecular weight excluding hydrogens is 260 g/mol. The number of halogens is 1. The molecule has 3 nitrogen and oxygen atoms in total. The topological polar surface area (TPSA) is 55.1 Å². The number of rotatable bonds is 4. The van der Waals surface area contributed by atoms with Crippen molar-refractivity contribution >= 4 is 23.2 Å². The molecule has 104 valence electrons. The zero-order valence-corrected chi connectivity index (χ0v) is 11.9. The molecule has 1 aliphatic carbocycles. The molecule has 0 radical (unpaired) electrons. The van der Waals surface area contributed by atoms with Crippen LogP contribution in [0.1, 0.15) is 48.9 Å². The van der Waals surface area contributed by atoms with Gasteiger partial charge in [0.1, 0.15) is 0 Å². The van der Waals surface area contributed by atoms with Crippen molar-refractivity contribution in [2.75, 3.05) is 12.3 Å². The maximum atomic E-state index is 12.0. The van der Waals surface area contributed by atoms with Crippen LogP contribution in [-0.4, -0.2) is 12.5 Å². The lowest BCUT2D eigenvalue weighted by Crippen LogP contribution is -2.27. The number of para-hydroxylation sites is 1. The summed E-state index contributed by atoms with van der Waals surface area (Å²) >= 11 is 5.91. The monoisotopic (exact) mass is 280 g/mol. The third kappa shape index (κ3) is 3.87. The Bertz CT molecular complexity index is 442. The van der Waals surface area contributed by atoms with Gasteiger partial charge in [-0.15, -0.1) is 0 Å². The predicted molar refractivity (Wildman–Crippen MR) is 79.4 cm³/mol. The first-order valence-electron chi connectivity index (χ1n) is 7.00. The lowest BCUT2D eigenvalue weighted by molar-refractivity contribution is 0.0951. The molecule has 0 atom stereocenters. The number of amides is 1. The second kappa shape index (κ2) is 6.80. The molecule has 0 aromatic heterocycles. The summed E-state index contributed by atoms with van der Waals surface area (Å²) in [7, 11) is 0. The highest BCUT2D eigenvalue weighted by Gasteiger charge is 2.15. The third-order valence-electron chi connectivity index (χ3n) is 3.86. The van der Waals surface area contributed by atoms with E-state index in [1.165, 1.54) is 32.1 Å². The summed E-state index contributed by atoms with van der Waals surface area (Å²) in [6.07, 6.45) is 7.69. The number of anilines is 1. The van der Waals surface area contributed by atoms with E-state index in [-0.39, 0.29) is 5.91 Å². The number of carbonyl (C=O) groups is 1. The Kier molecular flexibility index (Phi) is 5.08. The lowest BCUT2D eigenvalue weighted by Gasteiger charge is -2.21. The lowest BCUT2D eigenvalue weighted by atomic mass is 9.87. The molecule has 1 saturated carbocycles. The van der Waals surface area contributed by atoms with Gasteiger partial charge in [0.15, 0.2) is 0 Å². The number of nitrogen functional groups attached to an aromatic ring is 1. The summed E-state index contributed by atoms with van der Waals surface area (Å²) in [5.74, 6) is 0.640. The number of benzene rings is 1. The average molecular weight is 281 g/mol. The normalized spacial score (nSPS) is 16.3. The van der Waals surface area contributed by atoms with Crippen molar-refractivity contribution in [2.24, 2.45) is 5.92 Å². The summed E-state index contributed by atoms with van der Waals surface area (Å²) in [4.78, 5) is 12.0. The smallest absolute Gasteiger partial charge is 0.253 e. The minimum absolute atomic E-state index is 0.129. The van der Waals surface area contributed by atoms with E-state index in [4.69, 9.17) is 17.3 Å². The number of hydrogen-bond acceptors (Lipinski definition) is 2. The molecule has 0 bridgehead atoms. The van der Waals surface area contributed by atoms with Gasteiger partial charge in [0.05, 0.1) is 16.3 Å². The largest absolute Gasteiger partial charge is 0.397 e. The zero-order valence-electron chi connectivity index (χ0n) is 11.1. The molecule has 0 unspecified atom stereocenters. The van der Waals surface area contributed by atoms with Crippen LogP contribution in [0.4, 0.5) is 5.69 Å². The van der Waals surface area contributed by atoms with Gasteiger partial charge in [0.25, 0.3) is 5.91 Å². The highest BCUT2D eigenvalue weighted by atomic mass is 35.5. The molecule has 1 amide bonds. The maximum Gasteiger partial charge on any atom is 0.253 e. The Morgan fingerprint density at radius 2 is 2.05 bits per heavy atom. The summed E-state index contributed by atoms with van der Waals surface area (Å²) in [6, 6.07) is 5.14. The highest BCUT2D eigenvalue weighted by Crippen LogP contribution is 2.26. The van der Waals surface area contributed by atoms with Crippen molar-refractivity contribution in [3.8, 4) is 0 Å². The van der Waals surface area contributed by atoms with E-state index in [2.05, 4.69) is 5.32 Å². The van der Waals surface area contributed by atoms with Crippen molar-refractivity contribution < 1.29 is 4.79 Å². The van der Waals surface area contributed by atoms with Crippen LogP contribution in [0.2, 0.25) is 5.02 Å². The second-order valence-corrected chi connectivity index (χ2v) is 5.66. The zero-order chi connectivity index (χ0) is 13.7. The van der Waals surface area contributed by atoms with E-state index in [1.54, 1.807) is 18.2 Å². The molecule has 0 heterocycles. The number of nitrogens with two attached hydrogens (primary N) is 1. The standard InChI is InChI=1S/C15H21ClN2O/c16-13-8-4-7-12(14(13)17)15(19)18-10-9-11-5-2-1-3-6-11/h4,7-8,11H,1-3,5-6,9-10,17H2,(H,18,19). The van der Waals surface area contributed by atoms with Gasteiger partial charge in [-0.1, -0.05) is 49.8 Å². The SMILES string of the molecule is Nc1c(Cl)cccc1C(=O)NCCC1CCCCC1. The van der Waals surface area contributed by atoms with Gasteiger partial charge < -0.3 is 11.1 Å². The first-order valence-corrected chi connectivity index (χ1v) is 7.38. The highest BCUT2D eigenvalue weighted by molar-refractivity contribution is 6.33. The molecule has 19 heavy (non-hydrogen) atoms. The summed E-state index contributed by atoms with van der Waals surface area (Å²) < 4.78 is 0. The molecule has 4 heteroatoms. The predicted octanol–water partition coefficient (Wildman–Crippen LogP) is 3.62. The van der Waals surface area contributed by atoms with Gasteiger partial charge in [0.2, 0.25) is 0 Å². The van der Waals surface area contributed by atoms with Crippen molar-refractivity contribution in [1.82, 2.24) is 5.32 Å². The van der Waals surface area contributed by atoms with E-state index in [0.29, 0.717) is 16.3 Å². The van der Waals surface area contributed by atoms with E-state index >= 15 is 0 Å². The molecular formula is C15H21ClN2O. The molecule has 0 spiro atoms. The molecule has 0 aliphatic heterocycles. The van der Waals surface area contributed by atoms with Gasteiger partial charge in [-0.05, 0) is 24.5 Å². The summed E-state index contributed by atoms with van der Waals surface area (Å²) in [5.41, 5.74) is 6.63. The fraction of sp³-hybridized carbons (Fsp3) is 0.533. The Hall–Kier alpha value is -1.22. The van der Waals surface area contributed by atoms with Crippen LogP contribution in [-0.2, 0) is 0 Å². The van der Waals surface area contributed by atoms with Crippen LogP contribution in [0.25, 0.3) is 0 Å². The van der Waals surface area contributed by atoms with Gasteiger partial charge in [-0.3, -0.25) is 4.79 Å². The van der Waals surface area contributed by atoms with Crippen molar-refractivity contribution in [1.29, 1.82) is 0 Å². The average Bonchev–Trinajstić information content (AvgIpc) is 2.43. The van der Waals surface area contributed by atoms with Gasteiger partial charge in [-0.2, -0.15) is 0 Å². The number of carbonyl (C=O) groups excluding carboxylic acids is 1. The molecule has 1 aromatic rings. The Morgan fingerprint density at radius 3 is 2.79 bits per heavy atom. The van der Waals surface area contributed by atoms with Crippen LogP contribution < -0.4 is 11.1 Å². The fourth-order valence-corrected chi connectivity index (χ4v) is 2.87. The van der Waals surface area contributed by atoms with Gasteiger partial charge in [-0.25, -0.2) is 0 Å². The molecule has 1 aromatic carbocycles. The van der Waals surface area contributed by atoms with Crippen molar-refractivity contribution in [3.63, 3.8) is 0 Å². The number of hydrogen-bond donors (Lipinski definition) is 2. The van der Waals surface area contributed by atoms with E-state index in [9.17, 15) is 4.79 Å². The first-order chi connectivity index (χ1) is 9.18. The van der Waals surface area contributed by atoms with E-state index in [0.717, 1.165) is 18.9 Å². The van der Waals surface area contributed by atoms with Gasteiger partial charge >= 0.3 is 0 Å². The first kappa shape index (κ1) is 14.2. The maximum absolute atomic E-state index is 12.0. The second-order valence-electron chi connectivity index (χ2n) is 5.25. The molecule has 2 rings (SSSR count). The van der Waals surface area contributed by atoms with Crippen LogP contribution in [0.15, 0.2) is 18.2 Å². The molecule has 3 N–H and O–H groups in total. The fourth-order valence-electron chi connectivity index (χ4n) is 2.70. The van der Waals surface area contributed by atoms with Crippen LogP contribution in [0.3, 0.4) is 0 Å². The Morgan fingerprint density at radius 1 is 1.32 bits per heavy atom. The minimum Gasteiger partial charge on any atom is -0.397 e. The summed E-state index contributed by atoms with van der Waals surface area (Å²) in [6.45, 7) is 0.718. The van der Waals surface area contributed by atoms with E-state index < -0.39 is 0 Å². The summed E-state index contributed by atoms with van der Waals surface area (Å²) in [5, 5.41) is 3.37. The Labute approximate surface area is 119 Å². The molecule has 1 aliphatic rings. The van der Waals surface area contributed by atoms with Crippen molar-refractivity contribution in [3.05, 3.63) is 28.8 Å². The van der Waals surface area contributed by atoms with Crippen LogP contribution in [0, 0.1) is 5.92 Å². The van der Waals surface area contributed by atoms with Crippen molar-refractivity contribution in [2.45, 2.75) is 38.5 Å². The molecule has 1 fully saturated rings. The van der Waals surface area contributed by atoms with Crippen LogP contribution in [0.5, 0.6) is 0 Å².